The Morgan fingerprint density at radius 1 is 1.18 bits per heavy atom. The summed E-state index contributed by atoms with van der Waals surface area (Å²) in [6.45, 7) is 8.24. The van der Waals surface area contributed by atoms with Crippen molar-refractivity contribution < 1.29 is 4.79 Å². The largest absolute Gasteiger partial charge is 0.355 e. The molecule has 4 aliphatic carbocycles. The predicted octanol–water partition coefficient (Wildman–Crippen LogP) is 3.57. The minimum absolute atomic E-state index is 0.283. The lowest BCUT2D eigenvalue weighted by molar-refractivity contribution is -0.128. The number of carbonyl (C=O) groups is 1. The van der Waals surface area contributed by atoms with Crippen LogP contribution >= 0.6 is 15.9 Å². The second-order valence-electron chi connectivity index (χ2n) is 8.17. The Hall–Kier alpha value is -0.0900. The maximum absolute atomic E-state index is 12.4. The number of alkyl halides is 1. The van der Waals surface area contributed by atoms with E-state index in [0.717, 1.165) is 44.4 Å². The molecular formula is C18H31BrN2O. The molecule has 0 saturated heterocycles. The maximum atomic E-state index is 12.4. The molecule has 0 aliphatic heterocycles. The van der Waals surface area contributed by atoms with Crippen LogP contribution in [-0.4, -0.2) is 41.3 Å². The van der Waals surface area contributed by atoms with Gasteiger partial charge in [-0.3, -0.25) is 4.79 Å². The molecule has 1 amide bonds. The van der Waals surface area contributed by atoms with Gasteiger partial charge in [0.25, 0.3) is 0 Å². The van der Waals surface area contributed by atoms with Gasteiger partial charge in [0.2, 0.25) is 5.91 Å². The summed E-state index contributed by atoms with van der Waals surface area (Å²) in [5, 5.41) is 3.17. The lowest BCUT2D eigenvalue weighted by atomic mass is 9.48. The summed E-state index contributed by atoms with van der Waals surface area (Å²) in [5.74, 6) is 2.01. The van der Waals surface area contributed by atoms with Gasteiger partial charge in [0, 0.05) is 23.8 Å². The van der Waals surface area contributed by atoms with Crippen molar-refractivity contribution in [2.45, 2.75) is 63.1 Å². The Bertz CT molecular complexity index is 407. The number of rotatable bonds is 7. The number of amides is 1. The average molecular weight is 371 g/mol. The second kappa shape index (κ2) is 6.43. The quantitative estimate of drug-likeness (QED) is 0.694. The first-order chi connectivity index (χ1) is 10.5. The zero-order valence-corrected chi connectivity index (χ0v) is 15.8. The van der Waals surface area contributed by atoms with Gasteiger partial charge in [-0.15, -0.1) is 0 Å². The van der Waals surface area contributed by atoms with E-state index in [1.54, 1.807) is 0 Å². The van der Waals surface area contributed by atoms with Crippen molar-refractivity contribution in [3.05, 3.63) is 0 Å². The van der Waals surface area contributed by atoms with Crippen molar-refractivity contribution in [1.82, 2.24) is 10.2 Å². The van der Waals surface area contributed by atoms with E-state index in [1.807, 2.05) is 0 Å². The molecule has 4 bridgehead atoms. The topological polar surface area (TPSA) is 32.3 Å². The standard InChI is InChI=1S/C18H31BrN2O/c1-3-21(4-2)6-5-20-16(22)12-17-8-14-7-15(9-17)11-18(19,10-14)13-17/h14-15H,3-13H2,1-2H3,(H,20,22). The molecule has 0 radical (unpaired) electrons. The summed E-state index contributed by atoms with van der Waals surface area (Å²) in [6, 6.07) is 0. The Kier molecular flexibility index (Phi) is 4.90. The SMILES string of the molecule is CCN(CC)CCNC(=O)CC12CC3CC(CC(Br)(C3)C1)C2. The summed E-state index contributed by atoms with van der Waals surface area (Å²) >= 11 is 4.03. The smallest absolute Gasteiger partial charge is 0.220 e. The zero-order chi connectivity index (χ0) is 15.8. The van der Waals surface area contributed by atoms with Gasteiger partial charge in [0.1, 0.15) is 0 Å². The molecule has 2 unspecified atom stereocenters. The van der Waals surface area contributed by atoms with E-state index in [2.05, 4.69) is 40.0 Å². The average Bonchev–Trinajstić information content (AvgIpc) is 2.40. The molecular weight excluding hydrogens is 340 g/mol. The Morgan fingerprint density at radius 3 is 2.36 bits per heavy atom. The molecule has 4 heteroatoms. The molecule has 0 spiro atoms. The first-order valence-corrected chi connectivity index (χ1v) is 9.93. The van der Waals surface area contributed by atoms with E-state index in [1.165, 1.54) is 38.5 Å². The lowest BCUT2D eigenvalue weighted by Crippen LogP contribution is -2.54. The number of nitrogens with one attached hydrogen (secondary N) is 1. The summed E-state index contributed by atoms with van der Waals surface area (Å²) in [4.78, 5) is 14.8. The number of nitrogens with zero attached hydrogens (tertiary/aromatic N) is 1. The number of halogens is 1. The van der Waals surface area contributed by atoms with Crippen molar-refractivity contribution in [2.75, 3.05) is 26.2 Å². The Labute approximate surface area is 143 Å². The van der Waals surface area contributed by atoms with Gasteiger partial charge in [-0.25, -0.2) is 0 Å². The molecule has 2 atom stereocenters. The van der Waals surface area contributed by atoms with Crippen LogP contribution in [0.5, 0.6) is 0 Å². The van der Waals surface area contributed by atoms with Crippen molar-refractivity contribution in [2.24, 2.45) is 17.3 Å². The molecule has 4 fully saturated rings. The molecule has 126 valence electrons. The number of likely N-dealkylation sites (N-methyl/N-ethyl adjacent to an activating group) is 1. The minimum Gasteiger partial charge on any atom is -0.355 e. The van der Waals surface area contributed by atoms with Gasteiger partial charge in [-0.05, 0) is 68.9 Å². The molecule has 3 nitrogen and oxygen atoms in total. The van der Waals surface area contributed by atoms with Gasteiger partial charge >= 0.3 is 0 Å². The fraction of sp³-hybridized carbons (Fsp3) is 0.944. The number of hydrogen-bond acceptors (Lipinski definition) is 2. The molecule has 0 heterocycles. The van der Waals surface area contributed by atoms with Gasteiger partial charge in [0.15, 0.2) is 0 Å². The van der Waals surface area contributed by atoms with Crippen molar-refractivity contribution in [3.63, 3.8) is 0 Å². The highest BCUT2D eigenvalue weighted by Gasteiger charge is 2.57. The Morgan fingerprint density at radius 2 is 1.82 bits per heavy atom. The summed E-state index contributed by atoms with van der Waals surface area (Å²) in [6.07, 6.45) is 8.66. The van der Waals surface area contributed by atoms with E-state index < -0.39 is 0 Å². The minimum atomic E-state index is 0.283. The van der Waals surface area contributed by atoms with Crippen LogP contribution in [0.2, 0.25) is 0 Å². The van der Waals surface area contributed by atoms with Crippen LogP contribution in [0.25, 0.3) is 0 Å². The Balaban J connectivity index is 1.51. The van der Waals surface area contributed by atoms with E-state index in [4.69, 9.17) is 0 Å². The summed E-state index contributed by atoms with van der Waals surface area (Å²) in [5.41, 5.74) is 0.298. The highest BCUT2D eigenvalue weighted by atomic mass is 79.9. The van der Waals surface area contributed by atoms with Crippen LogP contribution in [-0.2, 0) is 4.79 Å². The van der Waals surface area contributed by atoms with Crippen LogP contribution in [0.1, 0.15) is 58.8 Å². The molecule has 0 aromatic rings. The zero-order valence-electron chi connectivity index (χ0n) is 14.2. The highest BCUT2D eigenvalue weighted by molar-refractivity contribution is 9.10. The highest BCUT2D eigenvalue weighted by Crippen LogP contribution is 2.65. The van der Waals surface area contributed by atoms with Gasteiger partial charge in [0.05, 0.1) is 0 Å². The van der Waals surface area contributed by atoms with E-state index in [0.29, 0.717) is 9.74 Å². The maximum Gasteiger partial charge on any atom is 0.220 e. The molecule has 22 heavy (non-hydrogen) atoms. The van der Waals surface area contributed by atoms with Crippen LogP contribution < -0.4 is 5.32 Å². The molecule has 0 aromatic carbocycles. The first-order valence-electron chi connectivity index (χ1n) is 9.14. The van der Waals surface area contributed by atoms with Crippen LogP contribution in [0.3, 0.4) is 0 Å². The van der Waals surface area contributed by atoms with Crippen molar-refractivity contribution in [1.29, 1.82) is 0 Å². The van der Waals surface area contributed by atoms with Gasteiger partial charge in [-0.2, -0.15) is 0 Å². The summed E-state index contributed by atoms with van der Waals surface area (Å²) in [7, 11) is 0. The van der Waals surface area contributed by atoms with Crippen molar-refractivity contribution >= 4 is 21.8 Å². The van der Waals surface area contributed by atoms with Crippen molar-refractivity contribution in [3.8, 4) is 0 Å². The van der Waals surface area contributed by atoms with Gasteiger partial charge < -0.3 is 10.2 Å². The predicted molar refractivity (Wildman–Crippen MR) is 94.2 cm³/mol. The third-order valence-corrected chi connectivity index (χ3v) is 7.22. The third kappa shape index (κ3) is 3.53. The third-order valence-electron chi connectivity index (χ3n) is 6.29. The summed E-state index contributed by atoms with van der Waals surface area (Å²) < 4.78 is 0.360. The molecule has 4 aliphatic rings. The van der Waals surface area contributed by atoms with Crippen LogP contribution in [0.15, 0.2) is 0 Å². The van der Waals surface area contributed by atoms with E-state index in [-0.39, 0.29) is 5.91 Å². The van der Waals surface area contributed by atoms with Crippen LogP contribution in [0, 0.1) is 17.3 Å². The van der Waals surface area contributed by atoms with Gasteiger partial charge in [-0.1, -0.05) is 29.8 Å². The molecule has 0 aromatic heterocycles. The fourth-order valence-electron chi connectivity index (χ4n) is 5.84. The monoisotopic (exact) mass is 370 g/mol. The normalized spacial score (nSPS) is 39.5. The molecule has 4 saturated carbocycles. The first kappa shape index (κ1) is 16.8. The number of carbonyl (C=O) groups excluding carboxylic acids is 1. The molecule has 4 rings (SSSR count). The fourth-order valence-corrected chi connectivity index (χ4v) is 7.35. The molecule has 1 N–H and O–H groups in total. The second-order valence-corrected chi connectivity index (χ2v) is 9.85. The lowest BCUT2D eigenvalue weighted by Gasteiger charge is -2.60. The van der Waals surface area contributed by atoms with E-state index in [9.17, 15) is 4.79 Å². The number of hydrogen-bond donors (Lipinski definition) is 1. The van der Waals surface area contributed by atoms with Crippen LogP contribution in [0.4, 0.5) is 0 Å². The van der Waals surface area contributed by atoms with E-state index >= 15 is 0 Å².